The summed E-state index contributed by atoms with van der Waals surface area (Å²) < 4.78 is 19.2. The second-order valence-electron chi connectivity index (χ2n) is 8.58. The Morgan fingerprint density at radius 1 is 1.26 bits per heavy atom. The van der Waals surface area contributed by atoms with Crippen molar-refractivity contribution in [3.05, 3.63) is 42.4 Å². The number of fused-ring (bicyclic) bond motifs is 1. The van der Waals surface area contributed by atoms with Gasteiger partial charge in [-0.15, -0.1) is 0 Å². The van der Waals surface area contributed by atoms with Gasteiger partial charge >= 0.3 is 0 Å². The van der Waals surface area contributed by atoms with Crippen molar-refractivity contribution >= 4 is 22.6 Å². The lowest BCUT2D eigenvalue weighted by molar-refractivity contribution is -0.114. The van der Waals surface area contributed by atoms with Crippen LogP contribution in [0.1, 0.15) is 26.0 Å². The monoisotopic (exact) mass is 422 g/mol. The Morgan fingerprint density at radius 3 is 2.74 bits per heavy atom. The molecule has 0 aromatic carbocycles. The Morgan fingerprint density at radius 2 is 2.10 bits per heavy atom. The van der Waals surface area contributed by atoms with Gasteiger partial charge in [-0.05, 0) is 25.1 Å². The van der Waals surface area contributed by atoms with Gasteiger partial charge in [0.25, 0.3) is 0 Å². The van der Waals surface area contributed by atoms with Crippen LogP contribution in [0.5, 0.6) is 0 Å². The molecule has 2 aliphatic heterocycles. The zero-order chi connectivity index (χ0) is 21.6. The molecule has 5 heterocycles. The molecule has 0 radical (unpaired) electrons. The molecular formula is C23H26N4O4. The number of methoxy groups -OCH3 is 1. The summed E-state index contributed by atoms with van der Waals surface area (Å²) in [6.45, 7) is 6.07. The Bertz CT molecular complexity index is 1150. The van der Waals surface area contributed by atoms with E-state index in [1.165, 1.54) is 6.92 Å². The molecule has 0 saturated carbocycles. The number of ether oxygens (including phenoxy) is 3. The predicted molar refractivity (Wildman–Crippen MR) is 116 cm³/mol. The molecule has 2 saturated heterocycles. The van der Waals surface area contributed by atoms with Crippen LogP contribution in [0.15, 0.2) is 36.7 Å². The highest BCUT2D eigenvalue weighted by atomic mass is 16.5. The van der Waals surface area contributed by atoms with Gasteiger partial charge in [0.1, 0.15) is 11.4 Å². The summed E-state index contributed by atoms with van der Waals surface area (Å²) in [5.74, 6) is 0.360. The van der Waals surface area contributed by atoms with Crippen LogP contribution in [0.4, 0.5) is 5.82 Å². The first-order chi connectivity index (χ1) is 14.9. The third-order valence-electron chi connectivity index (χ3n) is 6.27. The van der Waals surface area contributed by atoms with Crippen LogP contribution >= 0.6 is 0 Å². The van der Waals surface area contributed by atoms with Gasteiger partial charge in [-0.25, -0.2) is 9.97 Å². The first-order valence-corrected chi connectivity index (χ1v) is 10.4. The van der Waals surface area contributed by atoms with E-state index in [0.717, 1.165) is 34.3 Å². The van der Waals surface area contributed by atoms with Gasteiger partial charge < -0.3 is 24.1 Å². The van der Waals surface area contributed by atoms with E-state index in [2.05, 4.69) is 28.0 Å². The minimum atomic E-state index is -0.523. The molecule has 8 heteroatoms. The van der Waals surface area contributed by atoms with Crippen molar-refractivity contribution in [3.8, 4) is 11.3 Å². The highest BCUT2D eigenvalue weighted by molar-refractivity contribution is 5.98. The normalized spacial score (nSPS) is 22.4. The molecule has 162 valence electrons. The molecule has 1 amide bonds. The lowest BCUT2D eigenvalue weighted by Crippen LogP contribution is -2.48. The van der Waals surface area contributed by atoms with Crippen LogP contribution < -0.4 is 5.32 Å². The Balaban J connectivity index is 1.67. The SMILES string of the molecule is CO[C@@]1(c2cccc(-c3cn(C4(C)COC4)c4cnc(NC(C)=O)cc34)n2)CCOC1. The third-order valence-corrected chi connectivity index (χ3v) is 6.27. The molecule has 2 aliphatic rings. The molecule has 8 nitrogen and oxygen atoms in total. The van der Waals surface area contributed by atoms with E-state index in [9.17, 15) is 4.79 Å². The second-order valence-corrected chi connectivity index (χ2v) is 8.58. The smallest absolute Gasteiger partial charge is 0.222 e. The quantitative estimate of drug-likeness (QED) is 0.680. The minimum absolute atomic E-state index is 0.141. The maximum atomic E-state index is 11.6. The number of rotatable bonds is 5. The van der Waals surface area contributed by atoms with Crippen LogP contribution in [0.2, 0.25) is 0 Å². The maximum Gasteiger partial charge on any atom is 0.222 e. The minimum Gasteiger partial charge on any atom is -0.378 e. The summed E-state index contributed by atoms with van der Waals surface area (Å²) >= 11 is 0. The number of pyridine rings is 2. The van der Waals surface area contributed by atoms with Crippen molar-refractivity contribution in [2.75, 3.05) is 38.9 Å². The largest absolute Gasteiger partial charge is 0.378 e. The molecule has 0 spiro atoms. The van der Waals surface area contributed by atoms with Gasteiger partial charge in [0, 0.05) is 44.2 Å². The molecule has 5 rings (SSSR count). The van der Waals surface area contributed by atoms with Gasteiger partial charge in [0.15, 0.2) is 0 Å². The second kappa shape index (κ2) is 7.40. The average molecular weight is 422 g/mol. The molecule has 3 aromatic heterocycles. The van der Waals surface area contributed by atoms with Gasteiger partial charge in [-0.1, -0.05) is 6.07 Å². The van der Waals surface area contributed by atoms with Crippen LogP contribution in [-0.4, -0.2) is 54.0 Å². The van der Waals surface area contributed by atoms with Crippen molar-refractivity contribution in [3.63, 3.8) is 0 Å². The number of hydrogen-bond acceptors (Lipinski definition) is 6. The first kappa shape index (κ1) is 20.1. The van der Waals surface area contributed by atoms with Gasteiger partial charge in [-0.3, -0.25) is 4.79 Å². The van der Waals surface area contributed by atoms with Crippen LogP contribution in [0.25, 0.3) is 22.2 Å². The number of nitrogens with zero attached hydrogens (tertiary/aromatic N) is 3. The van der Waals surface area contributed by atoms with Crippen molar-refractivity contribution < 1.29 is 19.0 Å². The molecule has 1 atom stereocenters. The maximum absolute atomic E-state index is 11.6. The molecule has 3 aromatic rings. The fourth-order valence-electron chi connectivity index (χ4n) is 4.41. The highest BCUT2D eigenvalue weighted by Crippen LogP contribution is 2.39. The fraction of sp³-hybridized carbons (Fsp3) is 0.435. The summed E-state index contributed by atoms with van der Waals surface area (Å²) in [7, 11) is 1.71. The average Bonchev–Trinajstić information content (AvgIpc) is 3.37. The Kier molecular flexibility index (Phi) is 4.80. The van der Waals surface area contributed by atoms with Gasteiger partial charge in [-0.2, -0.15) is 0 Å². The summed E-state index contributed by atoms with van der Waals surface area (Å²) in [4.78, 5) is 21.0. The van der Waals surface area contributed by atoms with Crippen molar-refractivity contribution in [2.45, 2.75) is 31.4 Å². The Hall–Kier alpha value is -2.81. The molecule has 0 unspecified atom stereocenters. The number of carbonyl (C=O) groups is 1. The zero-order valence-electron chi connectivity index (χ0n) is 18.0. The number of carbonyl (C=O) groups excluding carboxylic acids is 1. The van der Waals surface area contributed by atoms with E-state index < -0.39 is 5.60 Å². The van der Waals surface area contributed by atoms with E-state index in [-0.39, 0.29) is 11.4 Å². The number of anilines is 1. The number of nitrogens with one attached hydrogen (secondary N) is 1. The van der Waals surface area contributed by atoms with Crippen LogP contribution in [-0.2, 0) is 30.1 Å². The van der Waals surface area contributed by atoms with E-state index in [1.807, 2.05) is 24.3 Å². The molecule has 0 aliphatic carbocycles. The first-order valence-electron chi connectivity index (χ1n) is 10.4. The third kappa shape index (κ3) is 3.31. The van der Waals surface area contributed by atoms with E-state index >= 15 is 0 Å². The van der Waals surface area contributed by atoms with Gasteiger partial charge in [0.05, 0.1) is 48.5 Å². The molecule has 31 heavy (non-hydrogen) atoms. The molecular weight excluding hydrogens is 396 g/mol. The molecule has 0 bridgehead atoms. The van der Waals surface area contributed by atoms with E-state index in [0.29, 0.717) is 32.2 Å². The fourth-order valence-corrected chi connectivity index (χ4v) is 4.41. The summed E-state index contributed by atoms with van der Waals surface area (Å²) in [6.07, 6.45) is 4.69. The summed E-state index contributed by atoms with van der Waals surface area (Å²) in [6, 6.07) is 7.90. The standard InChI is InChI=1S/C23H26N4O4/c1-15(28)25-21-9-16-17(11-27(19(16)10-24-21)22(2)12-31-13-22)18-5-4-6-20(26-18)23(29-3)7-8-30-14-23/h4-6,9-11H,7-8,12-14H2,1-3H3,(H,24,25,28)/t23-/m0/s1. The lowest BCUT2D eigenvalue weighted by atomic mass is 9.97. The Labute approximate surface area is 180 Å². The number of aromatic nitrogens is 3. The molecule has 2 fully saturated rings. The number of hydrogen-bond donors (Lipinski definition) is 1. The topological polar surface area (TPSA) is 87.5 Å². The van der Waals surface area contributed by atoms with Crippen molar-refractivity contribution in [2.24, 2.45) is 0 Å². The van der Waals surface area contributed by atoms with Crippen LogP contribution in [0.3, 0.4) is 0 Å². The number of amides is 1. The van der Waals surface area contributed by atoms with Gasteiger partial charge in [0.2, 0.25) is 5.91 Å². The lowest BCUT2D eigenvalue weighted by Gasteiger charge is -2.40. The van der Waals surface area contributed by atoms with Crippen LogP contribution in [0, 0.1) is 0 Å². The molecule has 1 N–H and O–H groups in total. The van der Waals surface area contributed by atoms with E-state index in [4.69, 9.17) is 19.2 Å². The summed E-state index contributed by atoms with van der Waals surface area (Å²) in [5, 5.41) is 3.76. The van der Waals surface area contributed by atoms with E-state index in [1.54, 1.807) is 13.3 Å². The highest BCUT2D eigenvalue weighted by Gasteiger charge is 2.39. The van der Waals surface area contributed by atoms with Crippen molar-refractivity contribution in [1.29, 1.82) is 0 Å². The summed E-state index contributed by atoms with van der Waals surface area (Å²) in [5.41, 5.74) is 2.99. The zero-order valence-corrected chi connectivity index (χ0v) is 18.0. The van der Waals surface area contributed by atoms with Crippen molar-refractivity contribution in [1.82, 2.24) is 14.5 Å². The predicted octanol–water partition coefficient (Wildman–Crippen LogP) is 3.06.